The molecule has 1 aliphatic rings. The number of rotatable bonds is 3. The highest BCUT2D eigenvalue weighted by Gasteiger charge is 2.20. The van der Waals surface area contributed by atoms with Crippen LogP contribution in [-0.2, 0) is 17.6 Å². The van der Waals surface area contributed by atoms with Gasteiger partial charge in [-0.1, -0.05) is 30.3 Å². The molecule has 0 radical (unpaired) electrons. The molecule has 1 aliphatic heterocycles. The molecule has 3 rings (SSSR count). The summed E-state index contributed by atoms with van der Waals surface area (Å²) in [6.07, 6.45) is 4.78. The molecular weight excluding hydrogens is 236 g/mol. The quantitative estimate of drug-likeness (QED) is 0.916. The topological polar surface area (TPSA) is 48.1 Å². The van der Waals surface area contributed by atoms with Gasteiger partial charge < -0.3 is 10.5 Å². The first-order valence-electron chi connectivity index (χ1n) is 6.73. The number of nitrogens with two attached hydrogens (primary N) is 1. The number of benzene rings is 1. The monoisotopic (exact) mass is 254 g/mol. The Labute approximate surface area is 113 Å². The predicted molar refractivity (Wildman–Crippen MR) is 75.8 cm³/mol. The minimum absolute atomic E-state index is 0.185. The summed E-state index contributed by atoms with van der Waals surface area (Å²) in [6, 6.07) is 12.5. The molecule has 2 N–H and O–H groups in total. The van der Waals surface area contributed by atoms with Crippen LogP contribution in [0.2, 0.25) is 0 Å². The van der Waals surface area contributed by atoms with E-state index in [1.807, 2.05) is 12.1 Å². The molecule has 0 saturated carbocycles. The zero-order valence-corrected chi connectivity index (χ0v) is 10.9. The Bertz CT molecular complexity index is 568. The van der Waals surface area contributed by atoms with E-state index in [1.54, 1.807) is 6.20 Å². The Morgan fingerprint density at radius 3 is 3.00 bits per heavy atom. The molecule has 3 nitrogen and oxygen atoms in total. The number of pyridine rings is 1. The van der Waals surface area contributed by atoms with Gasteiger partial charge in [0.1, 0.15) is 5.82 Å². The van der Waals surface area contributed by atoms with Gasteiger partial charge in [0.15, 0.2) is 0 Å². The van der Waals surface area contributed by atoms with Gasteiger partial charge in [-0.05, 0) is 42.0 Å². The fraction of sp³-hybridized carbons (Fsp3) is 0.312. The van der Waals surface area contributed by atoms with E-state index in [2.05, 4.69) is 29.2 Å². The number of nitrogen functional groups attached to an aromatic ring is 1. The standard InChI is InChI=1S/C16H18N2O/c17-16-13(5-3-10-18-16)7-8-15-14-6-2-1-4-12(14)9-11-19-15/h1-6,10,15H,7-9,11H2,(H2,17,18). The molecule has 0 bridgehead atoms. The van der Waals surface area contributed by atoms with E-state index < -0.39 is 0 Å². The minimum atomic E-state index is 0.185. The van der Waals surface area contributed by atoms with Crippen LogP contribution in [0.3, 0.4) is 0 Å². The van der Waals surface area contributed by atoms with Crippen LogP contribution in [0.15, 0.2) is 42.6 Å². The first kappa shape index (κ1) is 12.2. The van der Waals surface area contributed by atoms with Gasteiger partial charge in [-0.15, -0.1) is 0 Å². The molecule has 1 aromatic heterocycles. The van der Waals surface area contributed by atoms with Crippen molar-refractivity contribution in [3.8, 4) is 0 Å². The van der Waals surface area contributed by atoms with Gasteiger partial charge >= 0.3 is 0 Å². The second kappa shape index (κ2) is 5.41. The summed E-state index contributed by atoms with van der Waals surface area (Å²) in [5.41, 5.74) is 9.73. The molecule has 0 saturated heterocycles. The van der Waals surface area contributed by atoms with Gasteiger partial charge in [0.2, 0.25) is 0 Å². The molecule has 19 heavy (non-hydrogen) atoms. The number of nitrogens with zero attached hydrogens (tertiary/aromatic N) is 1. The van der Waals surface area contributed by atoms with Crippen molar-refractivity contribution in [1.82, 2.24) is 4.98 Å². The van der Waals surface area contributed by atoms with Gasteiger partial charge in [0, 0.05) is 6.20 Å². The molecule has 1 unspecified atom stereocenters. The average molecular weight is 254 g/mol. The Balaban J connectivity index is 1.73. The lowest BCUT2D eigenvalue weighted by Crippen LogP contribution is -2.17. The van der Waals surface area contributed by atoms with Crippen LogP contribution in [0.25, 0.3) is 0 Å². The van der Waals surface area contributed by atoms with Gasteiger partial charge in [-0.2, -0.15) is 0 Å². The highest BCUT2D eigenvalue weighted by molar-refractivity contribution is 5.39. The number of hydrogen-bond acceptors (Lipinski definition) is 3. The highest BCUT2D eigenvalue weighted by Crippen LogP contribution is 2.30. The van der Waals surface area contributed by atoms with Crippen molar-refractivity contribution in [1.29, 1.82) is 0 Å². The second-order valence-corrected chi connectivity index (χ2v) is 4.89. The third-order valence-corrected chi connectivity index (χ3v) is 3.69. The summed E-state index contributed by atoms with van der Waals surface area (Å²) in [6.45, 7) is 0.810. The van der Waals surface area contributed by atoms with E-state index in [0.717, 1.165) is 31.4 Å². The first-order valence-corrected chi connectivity index (χ1v) is 6.73. The Morgan fingerprint density at radius 2 is 2.11 bits per heavy atom. The summed E-state index contributed by atoms with van der Waals surface area (Å²) in [5.74, 6) is 0.631. The molecule has 0 fully saturated rings. The average Bonchev–Trinajstić information content (AvgIpc) is 2.46. The van der Waals surface area contributed by atoms with Crippen LogP contribution in [0.5, 0.6) is 0 Å². The number of fused-ring (bicyclic) bond motifs is 1. The van der Waals surface area contributed by atoms with Crippen molar-refractivity contribution < 1.29 is 4.74 Å². The Morgan fingerprint density at radius 1 is 1.21 bits per heavy atom. The smallest absolute Gasteiger partial charge is 0.126 e. The van der Waals surface area contributed by atoms with E-state index in [9.17, 15) is 0 Å². The number of aryl methyl sites for hydroxylation is 1. The van der Waals surface area contributed by atoms with Crippen LogP contribution in [-0.4, -0.2) is 11.6 Å². The zero-order chi connectivity index (χ0) is 13.1. The molecule has 1 aromatic carbocycles. The maximum Gasteiger partial charge on any atom is 0.126 e. The molecule has 0 amide bonds. The van der Waals surface area contributed by atoms with E-state index in [-0.39, 0.29) is 6.10 Å². The molecule has 2 aromatic rings. The van der Waals surface area contributed by atoms with Crippen LogP contribution in [0, 0.1) is 0 Å². The van der Waals surface area contributed by atoms with Gasteiger partial charge in [0.05, 0.1) is 12.7 Å². The van der Waals surface area contributed by atoms with Gasteiger partial charge in [-0.25, -0.2) is 4.98 Å². The lowest BCUT2D eigenvalue weighted by molar-refractivity contribution is 0.0368. The van der Waals surface area contributed by atoms with E-state index >= 15 is 0 Å². The third-order valence-electron chi connectivity index (χ3n) is 3.69. The number of anilines is 1. The lowest BCUT2D eigenvalue weighted by Gasteiger charge is -2.26. The van der Waals surface area contributed by atoms with Crippen molar-refractivity contribution in [2.45, 2.75) is 25.4 Å². The van der Waals surface area contributed by atoms with Crippen molar-refractivity contribution in [2.75, 3.05) is 12.3 Å². The van der Waals surface area contributed by atoms with Crippen LogP contribution in [0.4, 0.5) is 5.82 Å². The summed E-state index contributed by atoms with van der Waals surface area (Å²) < 4.78 is 5.90. The molecule has 1 atom stereocenters. The maximum atomic E-state index is 5.90. The molecule has 98 valence electrons. The van der Waals surface area contributed by atoms with Crippen LogP contribution >= 0.6 is 0 Å². The summed E-state index contributed by atoms with van der Waals surface area (Å²) in [7, 11) is 0. The fourth-order valence-electron chi connectivity index (χ4n) is 2.66. The van der Waals surface area contributed by atoms with Gasteiger partial charge in [0.25, 0.3) is 0 Å². The van der Waals surface area contributed by atoms with Crippen molar-refractivity contribution in [3.05, 3.63) is 59.3 Å². The second-order valence-electron chi connectivity index (χ2n) is 4.89. The van der Waals surface area contributed by atoms with Crippen LogP contribution in [0.1, 0.15) is 29.2 Å². The van der Waals surface area contributed by atoms with Crippen molar-refractivity contribution >= 4 is 5.82 Å². The number of hydrogen-bond donors (Lipinski definition) is 1. The van der Waals surface area contributed by atoms with Gasteiger partial charge in [-0.3, -0.25) is 0 Å². The Hall–Kier alpha value is -1.87. The first-order chi connectivity index (χ1) is 9.34. The summed E-state index contributed by atoms with van der Waals surface area (Å²) in [5, 5.41) is 0. The molecular formula is C16H18N2O. The maximum absolute atomic E-state index is 5.90. The summed E-state index contributed by atoms with van der Waals surface area (Å²) >= 11 is 0. The van der Waals surface area contributed by atoms with E-state index in [0.29, 0.717) is 5.82 Å². The van der Waals surface area contributed by atoms with E-state index in [1.165, 1.54) is 11.1 Å². The fourth-order valence-corrected chi connectivity index (χ4v) is 2.66. The van der Waals surface area contributed by atoms with Crippen molar-refractivity contribution in [2.24, 2.45) is 0 Å². The normalized spacial score (nSPS) is 18.0. The SMILES string of the molecule is Nc1ncccc1CCC1OCCc2ccccc21. The van der Waals surface area contributed by atoms with E-state index in [4.69, 9.17) is 10.5 Å². The minimum Gasteiger partial charge on any atom is -0.383 e. The molecule has 2 heterocycles. The Kier molecular flexibility index (Phi) is 3.47. The lowest BCUT2D eigenvalue weighted by atomic mass is 9.94. The number of ether oxygens (including phenoxy) is 1. The molecule has 3 heteroatoms. The van der Waals surface area contributed by atoms with Crippen LogP contribution < -0.4 is 5.73 Å². The largest absolute Gasteiger partial charge is 0.383 e. The molecule has 0 aliphatic carbocycles. The number of aromatic nitrogens is 1. The zero-order valence-electron chi connectivity index (χ0n) is 10.9. The molecule has 0 spiro atoms. The third kappa shape index (κ3) is 2.61. The highest BCUT2D eigenvalue weighted by atomic mass is 16.5. The van der Waals surface area contributed by atoms with Crippen molar-refractivity contribution in [3.63, 3.8) is 0 Å². The predicted octanol–water partition coefficient (Wildman–Crippen LogP) is 2.91. The summed E-state index contributed by atoms with van der Waals surface area (Å²) in [4.78, 5) is 4.12.